The Labute approximate surface area is 101 Å². The molecule has 2 atom stereocenters. The minimum Gasteiger partial charge on any atom is -0.237 e. The Kier molecular flexibility index (Phi) is 5.71. The maximum Gasteiger partial charge on any atom is 0.127 e. The van der Waals surface area contributed by atoms with Gasteiger partial charge in [-0.1, -0.05) is 39.0 Å². The Bertz CT molecular complexity index is 326. The largest absolute Gasteiger partial charge is 0.237 e. The molecule has 0 spiro atoms. The lowest BCUT2D eigenvalue weighted by atomic mass is 10.2. The molecule has 1 heterocycles. The molecule has 1 fully saturated rings. The zero-order chi connectivity index (χ0) is 12.0. The van der Waals surface area contributed by atoms with Gasteiger partial charge in [-0.25, -0.2) is 8.51 Å². The molecule has 2 rings (SSSR count). The van der Waals surface area contributed by atoms with Gasteiger partial charge in [0.2, 0.25) is 0 Å². The lowest BCUT2D eigenvalue weighted by Gasteiger charge is -2.13. The van der Waals surface area contributed by atoms with Crippen LogP contribution in [0, 0.1) is 5.92 Å². The summed E-state index contributed by atoms with van der Waals surface area (Å²) in [5.74, 6) is 0.683. The molecule has 1 aromatic rings. The molecule has 16 heavy (non-hydrogen) atoms. The van der Waals surface area contributed by atoms with E-state index in [1.807, 2.05) is 44.2 Å². The van der Waals surface area contributed by atoms with Crippen LogP contribution in [0.3, 0.4) is 0 Å². The monoisotopic (exact) mass is 239 g/mol. The SMILES string of the molecule is CC.CC1CCN(S(=O)c2ccccc2)C1. The Morgan fingerprint density at radius 3 is 2.38 bits per heavy atom. The van der Waals surface area contributed by atoms with Crippen molar-refractivity contribution in [2.24, 2.45) is 5.92 Å². The minimum atomic E-state index is -0.946. The van der Waals surface area contributed by atoms with E-state index >= 15 is 0 Å². The van der Waals surface area contributed by atoms with Gasteiger partial charge >= 0.3 is 0 Å². The Morgan fingerprint density at radius 1 is 1.25 bits per heavy atom. The van der Waals surface area contributed by atoms with Crippen LogP contribution in [0.2, 0.25) is 0 Å². The summed E-state index contributed by atoms with van der Waals surface area (Å²) in [6.07, 6.45) is 1.17. The van der Waals surface area contributed by atoms with Crippen molar-refractivity contribution >= 4 is 11.0 Å². The third kappa shape index (κ3) is 3.42. The molecule has 1 aliphatic heterocycles. The fraction of sp³-hybridized carbons (Fsp3) is 0.538. The molecular formula is C13H21NOS. The zero-order valence-corrected chi connectivity index (χ0v) is 11.2. The molecule has 0 aromatic heterocycles. The van der Waals surface area contributed by atoms with E-state index in [-0.39, 0.29) is 0 Å². The summed E-state index contributed by atoms with van der Waals surface area (Å²) in [7, 11) is -0.946. The third-order valence-electron chi connectivity index (χ3n) is 2.57. The van der Waals surface area contributed by atoms with E-state index in [0.29, 0.717) is 5.92 Å². The predicted octanol–water partition coefficient (Wildman–Crippen LogP) is 3.08. The van der Waals surface area contributed by atoms with Gasteiger partial charge in [-0.05, 0) is 24.5 Å². The molecule has 2 unspecified atom stereocenters. The van der Waals surface area contributed by atoms with Crippen molar-refractivity contribution in [3.63, 3.8) is 0 Å². The summed E-state index contributed by atoms with van der Waals surface area (Å²) in [5, 5.41) is 0. The summed E-state index contributed by atoms with van der Waals surface area (Å²) < 4.78 is 14.1. The molecule has 3 heteroatoms. The first-order valence-corrected chi connectivity index (χ1v) is 7.10. The second kappa shape index (κ2) is 6.81. The van der Waals surface area contributed by atoms with Crippen LogP contribution in [-0.2, 0) is 11.0 Å². The second-order valence-corrected chi connectivity index (χ2v) is 5.33. The molecule has 0 saturated carbocycles. The Hall–Kier alpha value is -0.670. The van der Waals surface area contributed by atoms with Gasteiger partial charge < -0.3 is 0 Å². The van der Waals surface area contributed by atoms with Gasteiger partial charge in [0.15, 0.2) is 0 Å². The predicted molar refractivity (Wildman–Crippen MR) is 69.6 cm³/mol. The quantitative estimate of drug-likeness (QED) is 0.776. The van der Waals surface area contributed by atoms with E-state index in [2.05, 4.69) is 11.2 Å². The molecule has 1 saturated heterocycles. The highest BCUT2D eigenvalue weighted by molar-refractivity contribution is 7.82. The van der Waals surface area contributed by atoms with Crippen LogP contribution in [0.4, 0.5) is 0 Å². The van der Waals surface area contributed by atoms with Crippen molar-refractivity contribution in [3.05, 3.63) is 30.3 Å². The first kappa shape index (κ1) is 13.4. The van der Waals surface area contributed by atoms with Crippen LogP contribution in [0.1, 0.15) is 27.2 Å². The highest BCUT2D eigenvalue weighted by Gasteiger charge is 2.23. The summed E-state index contributed by atoms with van der Waals surface area (Å²) in [6, 6.07) is 9.69. The molecule has 0 amide bonds. The van der Waals surface area contributed by atoms with Crippen LogP contribution in [0.5, 0.6) is 0 Å². The molecule has 0 aliphatic carbocycles. The van der Waals surface area contributed by atoms with Crippen LogP contribution in [0.25, 0.3) is 0 Å². The van der Waals surface area contributed by atoms with Crippen molar-refractivity contribution in [1.29, 1.82) is 0 Å². The number of nitrogens with zero attached hydrogens (tertiary/aromatic N) is 1. The number of rotatable bonds is 2. The van der Waals surface area contributed by atoms with Crippen LogP contribution in [0.15, 0.2) is 35.2 Å². The first-order valence-electron chi connectivity index (χ1n) is 5.99. The molecule has 0 N–H and O–H groups in total. The van der Waals surface area contributed by atoms with E-state index in [1.165, 1.54) is 6.42 Å². The van der Waals surface area contributed by atoms with Gasteiger partial charge in [0.1, 0.15) is 11.0 Å². The molecular weight excluding hydrogens is 218 g/mol. The average Bonchev–Trinajstić information content (AvgIpc) is 2.79. The van der Waals surface area contributed by atoms with E-state index in [9.17, 15) is 4.21 Å². The average molecular weight is 239 g/mol. The zero-order valence-electron chi connectivity index (χ0n) is 10.3. The molecule has 1 aromatic carbocycles. The van der Waals surface area contributed by atoms with Crippen molar-refractivity contribution in [3.8, 4) is 0 Å². The van der Waals surface area contributed by atoms with Crippen molar-refractivity contribution in [1.82, 2.24) is 4.31 Å². The summed E-state index contributed by atoms with van der Waals surface area (Å²) in [6.45, 7) is 8.13. The summed E-state index contributed by atoms with van der Waals surface area (Å²) in [4.78, 5) is 0.918. The Morgan fingerprint density at radius 2 is 1.88 bits per heavy atom. The molecule has 90 valence electrons. The second-order valence-electron chi connectivity index (χ2n) is 3.84. The standard InChI is InChI=1S/C11H15NOS.C2H6/c1-10-7-8-12(9-10)14(13)11-5-3-2-4-6-11;1-2/h2-6,10H,7-9H2,1H3;1-2H3. The summed E-state index contributed by atoms with van der Waals surface area (Å²) >= 11 is 0. The molecule has 0 bridgehead atoms. The molecule has 2 nitrogen and oxygen atoms in total. The Balaban J connectivity index is 0.000000606. The number of benzene rings is 1. The van der Waals surface area contributed by atoms with Crippen molar-refractivity contribution < 1.29 is 4.21 Å². The minimum absolute atomic E-state index is 0.683. The van der Waals surface area contributed by atoms with Crippen molar-refractivity contribution in [2.45, 2.75) is 32.1 Å². The van der Waals surface area contributed by atoms with Crippen molar-refractivity contribution in [2.75, 3.05) is 13.1 Å². The smallest absolute Gasteiger partial charge is 0.127 e. The van der Waals surface area contributed by atoms with Gasteiger partial charge in [0.25, 0.3) is 0 Å². The highest BCUT2D eigenvalue weighted by Crippen LogP contribution is 2.20. The first-order chi connectivity index (χ1) is 7.77. The lowest BCUT2D eigenvalue weighted by Crippen LogP contribution is -2.22. The van der Waals surface area contributed by atoms with Gasteiger partial charge in [-0.2, -0.15) is 0 Å². The van der Waals surface area contributed by atoms with Gasteiger partial charge in [0, 0.05) is 13.1 Å². The maximum absolute atomic E-state index is 12.0. The molecule has 1 aliphatic rings. The van der Waals surface area contributed by atoms with E-state index < -0.39 is 11.0 Å². The summed E-state index contributed by atoms with van der Waals surface area (Å²) in [5.41, 5.74) is 0. The maximum atomic E-state index is 12.0. The van der Waals surface area contributed by atoms with Gasteiger partial charge in [-0.15, -0.1) is 0 Å². The third-order valence-corrected chi connectivity index (χ3v) is 4.04. The van der Waals surface area contributed by atoms with E-state index in [1.54, 1.807) is 0 Å². The van der Waals surface area contributed by atoms with Crippen LogP contribution in [-0.4, -0.2) is 21.6 Å². The normalized spacial score (nSPS) is 22.3. The topological polar surface area (TPSA) is 20.3 Å². The van der Waals surface area contributed by atoms with Gasteiger partial charge in [-0.3, -0.25) is 0 Å². The highest BCUT2D eigenvalue weighted by atomic mass is 32.2. The van der Waals surface area contributed by atoms with Crippen LogP contribution < -0.4 is 0 Å². The van der Waals surface area contributed by atoms with Crippen LogP contribution >= 0.6 is 0 Å². The fourth-order valence-corrected chi connectivity index (χ4v) is 3.08. The number of hydrogen-bond acceptors (Lipinski definition) is 1. The van der Waals surface area contributed by atoms with E-state index in [0.717, 1.165) is 18.0 Å². The van der Waals surface area contributed by atoms with E-state index in [4.69, 9.17) is 0 Å². The molecule has 0 radical (unpaired) electrons. The number of hydrogen-bond donors (Lipinski definition) is 0. The van der Waals surface area contributed by atoms with Gasteiger partial charge in [0.05, 0.1) is 4.90 Å². The fourth-order valence-electron chi connectivity index (χ4n) is 1.73. The lowest BCUT2D eigenvalue weighted by molar-refractivity contribution is 0.513.